The Labute approximate surface area is 218 Å². The van der Waals surface area contributed by atoms with E-state index in [2.05, 4.69) is 38.2 Å². The SMILES string of the molecule is CCC(O)(/C=C/C=C/[C@@H](C)[C@H]1CCC2/C(=C/C=C3C[C@@H](O)C(OCCO)[C@H](O)C3)CCC[C@@]21C)CC. The first-order chi connectivity index (χ1) is 17.2. The number of hydrogen-bond acceptors (Lipinski definition) is 5. The second kappa shape index (κ2) is 13.0. The standard InChI is InChI=1S/C31H50O5/c1-5-31(35,6-2)17-8-7-10-22(3)25-14-15-26-24(11-9-16-30(25,26)4)13-12-23-20-27(33)29(28(34)21-23)36-19-18-32/h7-8,10,12-13,17,22,25-29,32-35H,5-6,9,11,14-16,18-21H2,1-4H3/b10-7+,17-8+,23-12?,24-13+/t22-,25-,26?,27-,28-,29?,30-/m1/s1. The molecular weight excluding hydrogens is 452 g/mol. The van der Waals surface area contributed by atoms with E-state index in [-0.39, 0.29) is 13.2 Å². The van der Waals surface area contributed by atoms with E-state index in [0.29, 0.717) is 36.0 Å². The van der Waals surface area contributed by atoms with Crippen LogP contribution in [-0.2, 0) is 4.74 Å². The molecular formula is C31H50O5. The Kier molecular flexibility index (Phi) is 10.6. The molecule has 204 valence electrons. The molecule has 0 amide bonds. The van der Waals surface area contributed by atoms with Crippen molar-refractivity contribution in [1.29, 1.82) is 0 Å². The van der Waals surface area contributed by atoms with Gasteiger partial charge in [0.25, 0.3) is 0 Å². The van der Waals surface area contributed by atoms with Gasteiger partial charge in [-0.05, 0) is 81.0 Å². The molecule has 0 aromatic heterocycles. The summed E-state index contributed by atoms with van der Waals surface area (Å²) in [4.78, 5) is 0. The minimum absolute atomic E-state index is 0.113. The Morgan fingerprint density at radius 3 is 2.42 bits per heavy atom. The predicted octanol–water partition coefficient (Wildman–Crippen LogP) is 5.25. The van der Waals surface area contributed by atoms with Crippen LogP contribution in [0.2, 0.25) is 0 Å². The van der Waals surface area contributed by atoms with Crippen LogP contribution in [0.4, 0.5) is 0 Å². The molecule has 0 heterocycles. The van der Waals surface area contributed by atoms with Gasteiger partial charge in [0.2, 0.25) is 0 Å². The molecule has 3 fully saturated rings. The third-order valence-electron chi connectivity index (χ3n) is 9.47. The molecule has 36 heavy (non-hydrogen) atoms. The second-order valence-electron chi connectivity index (χ2n) is 11.7. The van der Waals surface area contributed by atoms with Gasteiger partial charge in [-0.15, -0.1) is 0 Å². The molecule has 0 bridgehead atoms. The van der Waals surface area contributed by atoms with E-state index in [1.54, 1.807) is 0 Å². The first-order valence-electron chi connectivity index (χ1n) is 14.2. The number of rotatable bonds is 10. The largest absolute Gasteiger partial charge is 0.394 e. The van der Waals surface area contributed by atoms with E-state index in [1.807, 2.05) is 26.0 Å². The fourth-order valence-electron chi connectivity index (χ4n) is 7.12. The quantitative estimate of drug-likeness (QED) is 0.307. The average Bonchev–Trinajstić information content (AvgIpc) is 3.22. The third-order valence-corrected chi connectivity index (χ3v) is 9.47. The zero-order chi connectivity index (χ0) is 26.3. The van der Waals surface area contributed by atoms with Crippen molar-refractivity contribution in [2.75, 3.05) is 13.2 Å². The third kappa shape index (κ3) is 6.79. The van der Waals surface area contributed by atoms with E-state index in [0.717, 1.165) is 24.8 Å². The maximum Gasteiger partial charge on any atom is 0.110 e. The van der Waals surface area contributed by atoms with Gasteiger partial charge in [-0.1, -0.05) is 75.3 Å². The van der Waals surface area contributed by atoms with Crippen molar-refractivity contribution >= 4 is 0 Å². The van der Waals surface area contributed by atoms with Crippen LogP contribution in [0.5, 0.6) is 0 Å². The fraction of sp³-hybridized carbons (Fsp3) is 0.742. The number of aliphatic hydroxyl groups excluding tert-OH is 3. The van der Waals surface area contributed by atoms with Crippen molar-refractivity contribution in [1.82, 2.24) is 0 Å². The van der Waals surface area contributed by atoms with Crippen molar-refractivity contribution in [2.24, 2.45) is 23.2 Å². The topological polar surface area (TPSA) is 90.2 Å². The van der Waals surface area contributed by atoms with Crippen molar-refractivity contribution in [2.45, 2.75) is 109 Å². The molecule has 6 atom stereocenters. The highest BCUT2D eigenvalue weighted by atomic mass is 16.5. The van der Waals surface area contributed by atoms with Gasteiger partial charge in [0.15, 0.2) is 0 Å². The first kappa shape index (κ1) is 29.3. The molecule has 0 radical (unpaired) electrons. The van der Waals surface area contributed by atoms with Gasteiger partial charge in [-0.2, -0.15) is 0 Å². The highest BCUT2D eigenvalue weighted by Gasteiger charge is 2.50. The lowest BCUT2D eigenvalue weighted by molar-refractivity contribution is -0.115. The summed E-state index contributed by atoms with van der Waals surface area (Å²) in [5.74, 6) is 1.71. The summed E-state index contributed by atoms with van der Waals surface area (Å²) in [5, 5.41) is 40.4. The van der Waals surface area contributed by atoms with E-state index in [1.165, 1.54) is 31.3 Å². The fourth-order valence-corrected chi connectivity index (χ4v) is 7.12. The molecule has 5 nitrogen and oxygen atoms in total. The molecule has 1 unspecified atom stereocenters. The molecule has 5 heteroatoms. The van der Waals surface area contributed by atoms with Gasteiger partial charge in [0, 0.05) is 0 Å². The van der Waals surface area contributed by atoms with Crippen LogP contribution in [0.3, 0.4) is 0 Å². The molecule has 3 rings (SSSR count). The Hall–Kier alpha value is -1.24. The normalized spacial score (nSPS) is 35.6. The molecule has 0 aliphatic heterocycles. The van der Waals surface area contributed by atoms with Crippen molar-refractivity contribution in [3.63, 3.8) is 0 Å². The summed E-state index contributed by atoms with van der Waals surface area (Å²) in [7, 11) is 0. The minimum atomic E-state index is -0.746. The van der Waals surface area contributed by atoms with Crippen LogP contribution in [0.1, 0.15) is 85.5 Å². The van der Waals surface area contributed by atoms with Gasteiger partial charge in [0.1, 0.15) is 6.10 Å². The Bertz CT molecular complexity index is 809. The maximum atomic E-state index is 10.5. The molecule has 3 aliphatic rings. The number of ether oxygens (including phenoxy) is 1. The van der Waals surface area contributed by atoms with E-state index in [9.17, 15) is 15.3 Å². The Morgan fingerprint density at radius 1 is 1.08 bits per heavy atom. The Morgan fingerprint density at radius 2 is 1.78 bits per heavy atom. The monoisotopic (exact) mass is 502 g/mol. The molecule has 0 aromatic rings. The molecule has 3 saturated carbocycles. The second-order valence-corrected chi connectivity index (χ2v) is 11.7. The smallest absolute Gasteiger partial charge is 0.110 e. The summed E-state index contributed by atoms with van der Waals surface area (Å²) in [6.07, 6.45) is 19.2. The lowest BCUT2D eigenvalue weighted by Gasteiger charge is -2.44. The van der Waals surface area contributed by atoms with E-state index < -0.39 is 23.9 Å². The summed E-state index contributed by atoms with van der Waals surface area (Å²) in [6.45, 7) is 8.89. The van der Waals surface area contributed by atoms with Gasteiger partial charge >= 0.3 is 0 Å². The van der Waals surface area contributed by atoms with Crippen LogP contribution in [0.15, 0.2) is 47.6 Å². The van der Waals surface area contributed by atoms with Gasteiger partial charge in [0.05, 0.1) is 31.0 Å². The maximum absolute atomic E-state index is 10.5. The Balaban J connectivity index is 1.66. The van der Waals surface area contributed by atoms with E-state index >= 15 is 0 Å². The predicted molar refractivity (Wildman–Crippen MR) is 145 cm³/mol. The molecule has 0 aromatic carbocycles. The number of fused-ring (bicyclic) bond motifs is 1. The van der Waals surface area contributed by atoms with E-state index in [4.69, 9.17) is 9.84 Å². The highest BCUT2D eigenvalue weighted by molar-refractivity contribution is 5.27. The van der Waals surface area contributed by atoms with Crippen LogP contribution >= 0.6 is 0 Å². The van der Waals surface area contributed by atoms with Crippen LogP contribution in [0, 0.1) is 23.2 Å². The number of aliphatic hydroxyl groups is 4. The summed E-state index contributed by atoms with van der Waals surface area (Å²) < 4.78 is 5.45. The highest BCUT2D eigenvalue weighted by Crippen LogP contribution is 2.59. The number of hydrogen-bond donors (Lipinski definition) is 4. The summed E-state index contributed by atoms with van der Waals surface area (Å²) >= 11 is 0. The zero-order valence-corrected chi connectivity index (χ0v) is 22.9. The number of allylic oxidation sites excluding steroid dienone is 6. The summed E-state index contributed by atoms with van der Waals surface area (Å²) in [5.41, 5.74) is 2.18. The molecule has 3 aliphatic carbocycles. The first-order valence-corrected chi connectivity index (χ1v) is 14.2. The minimum Gasteiger partial charge on any atom is -0.394 e. The van der Waals surface area contributed by atoms with Gasteiger partial charge < -0.3 is 25.2 Å². The molecule has 0 saturated heterocycles. The average molecular weight is 503 g/mol. The lowest BCUT2D eigenvalue weighted by atomic mass is 9.61. The van der Waals surface area contributed by atoms with Crippen LogP contribution < -0.4 is 0 Å². The molecule has 0 spiro atoms. The zero-order valence-electron chi connectivity index (χ0n) is 22.9. The lowest BCUT2D eigenvalue weighted by Crippen LogP contribution is -2.44. The molecule has 4 N–H and O–H groups in total. The van der Waals surface area contributed by atoms with Gasteiger partial charge in [-0.25, -0.2) is 0 Å². The van der Waals surface area contributed by atoms with Crippen molar-refractivity contribution in [3.05, 3.63) is 47.6 Å². The summed E-state index contributed by atoms with van der Waals surface area (Å²) in [6, 6.07) is 0. The van der Waals surface area contributed by atoms with Crippen molar-refractivity contribution < 1.29 is 25.2 Å². The van der Waals surface area contributed by atoms with Crippen LogP contribution in [-0.4, -0.2) is 57.6 Å². The van der Waals surface area contributed by atoms with Gasteiger partial charge in [-0.3, -0.25) is 0 Å². The van der Waals surface area contributed by atoms with Crippen LogP contribution in [0.25, 0.3) is 0 Å². The van der Waals surface area contributed by atoms with Crippen molar-refractivity contribution in [3.8, 4) is 0 Å².